The van der Waals surface area contributed by atoms with Gasteiger partial charge in [-0.2, -0.15) is 11.8 Å². The van der Waals surface area contributed by atoms with Crippen LogP contribution in [0.15, 0.2) is 0 Å². The highest BCUT2D eigenvalue weighted by atomic mass is 32.2. The largest absolute Gasteiger partial charge is 0.385 e. The predicted octanol–water partition coefficient (Wildman–Crippen LogP) is 2.91. The summed E-state index contributed by atoms with van der Waals surface area (Å²) in [4.78, 5) is 0. The molecule has 0 saturated carbocycles. The molecule has 0 saturated heterocycles. The first-order valence-electron chi connectivity index (χ1n) is 5.89. The highest BCUT2D eigenvalue weighted by Gasteiger charge is 2.13. The SMILES string of the molecule is COCCCSCCCCC(C)(C)CN. The van der Waals surface area contributed by atoms with E-state index in [4.69, 9.17) is 10.5 Å². The van der Waals surface area contributed by atoms with E-state index in [-0.39, 0.29) is 0 Å². The van der Waals surface area contributed by atoms with Crippen LogP contribution in [0, 0.1) is 5.41 Å². The van der Waals surface area contributed by atoms with E-state index in [1.54, 1.807) is 7.11 Å². The molecule has 0 spiro atoms. The Kier molecular flexibility index (Phi) is 9.66. The van der Waals surface area contributed by atoms with Crippen molar-refractivity contribution in [3.05, 3.63) is 0 Å². The summed E-state index contributed by atoms with van der Waals surface area (Å²) in [6.45, 7) is 6.19. The molecule has 0 aromatic rings. The topological polar surface area (TPSA) is 35.2 Å². The van der Waals surface area contributed by atoms with Crippen molar-refractivity contribution in [2.75, 3.05) is 31.8 Å². The second-order valence-electron chi connectivity index (χ2n) is 4.78. The Hall–Kier alpha value is 0.270. The lowest BCUT2D eigenvalue weighted by molar-refractivity contribution is 0.200. The van der Waals surface area contributed by atoms with Gasteiger partial charge in [-0.1, -0.05) is 20.3 Å². The van der Waals surface area contributed by atoms with Gasteiger partial charge < -0.3 is 10.5 Å². The molecule has 0 rings (SSSR count). The lowest BCUT2D eigenvalue weighted by Crippen LogP contribution is -2.23. The smallest absolute Gasteiger partial charge is 0.0470 e. The highest BCUT2D eigenvalue weighted by molar-refractivity contribution is 7.99. The molecule has 2 nitrogen and oxygen atoms in total. The van der Waals surface area contributed by atoms with Crippen molar-refractivity contribution in [3.63, 3.8) is 0 Å². The minimum atomic E-state index is 0.334. The molecule has 0 amide bonds. The Morgan fingerprint density at radius 1 is 1.13 bits per heavy atom. The van der Waals surface area contributed by atoms with E-state index < -0.39 is 0 Å². The van der Waals surface area contributed by atoms with Crippen molar-refractivity contribution in [1.29, 1.82) is 0 Å². The third-order valence-electron chi connectivity index (χ3n) is 2.58. The first-order valence-corrected chi connectivity index (χ1v) is 7.04. The van der Waals surface area contributed by atoms with Gasteiger partial charge in [-0.15, -0.1) is 0 Å². The molecular formula is C12H27NOS. The molecule has 0 radical (unpaired) electrons. The first-order chi connectivity index (χ1) is 7.12. The minimum Gasteiger partial charge on any atom is -0.385 e. The number of ether oxygens (including phenoxy) is 1. The van der Waals surface area contributed by atoms with Crippen molar-refractivity contribution in [3.8, 4) is 0 Å². The Morgan fingerprint density at radius 3 is 2.40 bits per heavy atom. The molecule has 2 N–H and O–H groups in total. The summed E-state index contributed by atoms with van der Waals surface area (Å²) in [5.74, 6) is 2.51. The molecule has 0 fully saturated rings. The van der Waals surface area contributed by atoms with Crippen LogP contribution in [0.3, 0.4) is 0 Å². The van der Waals surface area contributed by atoms with E-state index in [0.717, 1.165) is 13.2 Å². The van der Waals surface area contributed by atoms with Crippen LogP contribution >= 0.6 is 11.8 Å². The molecule has 0 aromatic carbocycles. The second kappa shape index (κ2) is 9.49. The maximum Gasteiger partial charge on any atom is 0.0470 e. The summed E-state index contributed by atoms with van der Waals surface area (Å²) < 4.78 is 5.00. The molecular weight excluding hydrogens is 206 g/mol. The van der Waals surface area contributed by atoms with E-state index in [9.17, 15) is 0 Å². The van der Waals surface area contributed by atoms with Gasteiger partial charge in [0.25, 0.3) is 0 Å². The normalized spacial score (nSPS) is 12.0. The molecule has 15 heavy (non-hydrogen) atoms. The minimum absolute atomic E-state index is 0.334. The van der Waals surface area contributed by atoms with Gasteiger partial charge in [-0.25, -0.2) is 0 Å². The summed E-state index contributed by atoms with van der Waals surface area (Å²) in [5, 5.41) is 0. The van der Waals surface area contributed by atoms with Crippen LogP contribution in [0.25, 0.3) is 0 Å². The van der Waals surface area contributed by atoms with Crippen molar-refractivity contribution in [2.45, 2.75) is 39.5 Å². The maximum atomic E-state index is 5.68. The molecule has 0 aromatic heterocycles. The fourth-order valence-corrected chi connectivity index (χ4v) is 2.25. The zero-order chi connectivity index (χ0) is 11.6. The number of unbranched alkanes of at least 4 members (excludes halogenated alkanes) is 1. The number of methoxy groups -OCH3 is 1. The van der Waals surface area contributed by atoms with E-state index in [0.29, 0.717) is 5.41 Å². The summed E-state index contributed by atoms with van der Waals surface area (Å²) in [6, 6.07) is 0. The Bertz CT molecular complexity index is 140. The standard InChI is InChI=1S/C12H27NOS/c1-12(2,11-13)7-4-5-9-15-10-6-8-14-3/h4-11,13H2,1-3H3. The molecule has 0 aliphatic carbocycles. The van der Waals surface area contributed by atoms with E-state index in [2.05, 4.69) is 13.8 Å². The van der Waals surface area contributed by atoms with Crippen LogP contribution in [0.2, 0.25) is 0 Å². The van der Waals surface area contributed by atoms with Gasteiger partial charge in [-0.05, 0) is 42.7 Å². The van der Waals surface area contributed by atoms with Gasteiger partial charge in [0.2, 0.25) is 0 Å². The molecule has 0 unspecified atom stereocenters. The summed E-state index contributed by atoms with van der Waals surface area (Å²) in [5.41, 5.74) is 6.02. The van der Waals surface area contributed by atoms with Gasteiger partial charge in [0, 0.05) is 13.7 Å². The average Bonchev–Trinajstić information content (AvgIpc) is 2.22. The average molecular weight is 233 g/mol. The lowest BCUT2D eigenvalue weighted by Gasteiger charge is -2.21. The van der Waals surface area contributed by atoms with Gasteiger partial charge in [0.05, 0.1) is 0 Å². The van der Waals surface area contributed by atoms with Gasteiger partial charge in [0.15, 0.2) is 0 Å². The van der Waals surface area contributed by atoms with Crippen molar-refractivity contribution < 1.29 is 4.74 Å². The number of rotatable bonds is 10. The molecule has 0 bridgehead atoms. The third kappa shape index (κ3) is 10.6. The number of thioether (sulfide) groups is 1. The quantitative estimate of drug-likeness (QED) is 0.589. The molecule has 0 aliphatic heterocycles. The number of hydrogen-bond donors (Lipinski definition) is 1. The molecule has 0 heterocycles. The molecule has 0 atom stereocenters. The Morgan fingerprint density at radius 2 is 1.80 bits per heavy atom. The van der Waals surface area contributed by atoms with Crippen LogP contribution in [-0.2, 0) is 4.74 Å². The lowest BCUT2D eigenvalue weighted by atomic mass is 9.88. The van der Waals surface area contributed by atoms with Crippen LogP contribution in [-0.4, -0.2) is 31.8 Å². The number of hydrogen-bond acceptors (Lipinski definition) is 3. The number of nitrogens with two attached hydrogens (primary N) is 1. The van der Waals surface area contributed by atoms with Crippen LogP contribution in [0.1, 0.15) is 39.5 Å². The van der Waals surface area contributed by atoms with Crippen molar-refractivity contribution >= 4 is 11.8 Å². The third-order valence-corrected chi connectivity index (χ3v) is 3.74. The fourth-order valence-electron chi connectivity index (χ4n) is 1.32. The van der Waals surface area contributed by atoms with Crippen molar-refractivity contribution in [1.82, 2.24) is 0 Å². The summed E-state index contributed by atoms with van der Waals surface area (Å²) in [7, 11) is 1.76. The zero-order valence-electron chi connectivity index (χ0n) is 10.6. The van der Waals surface area contributed by atoms with Crippen molar-refractivity contribution in [2.24, 2.45) is 11.1 Å². The van der Waals surface area contributed by atoms with E-state index >= 15 is 0 Å². The summed E-state index contributed by atoms with van der Waals surface area (Å²) >= 11 is 2.04. The van der Waals surface area contributed by atoms with Gasteiger partial charge in [0.1, 0.15) is 0 Å². The van der Waals surface area contributed by atoms with Gasteiger partial charge >= 0.3 is 0 Å². The highest BCUT2D eigenvalue weighted by Crippen LogP contribution is 2.21. The van der Waals surface area contributed by atoms with Crippen LogP contribution in [0.4, 0.5) is 0 Å². The van der Waals surface area contributed by atoms with Gasteiger partial charge in [-0.3, -0.25) is 0 Å². The van der Waals surface area contributed by atoms with Crippen LogP contribution in [0.5, 0.6) is 0 Å². The zero-order valence-corrected chi connectivity index (χ0v) is 11.4. The van der Waals surface area contributed by atoms with E-state index in [1.165, 1.54) is 37.2 Å². The predicted molar refractivity (Wildman–Crippen MR) is 70.5 cm³/mol. The molecule has 3 heteroatoms. The Labute approximate surface area is 99.3 Å². The molecule has 92 valence electrons. The Balaban J connectivity index is 3.11. The second-order valence-corrected chi connectivity index (χ2v) is 6.01. The fraction of sp³-hybridized carbons (Fsp3) is 1.00. The van der Waals surface area contributed by atoms with E-state index in [1.807, 2.05) is 11.8 Å². The maximum absolute atomic E-state index is 5.68. The van der Waals surface area contributed by atoms with Crippen LogP contribution < -0.4 is 5.73 Å². The monoisotopic (exact) mass is 233 g/mol. The molecule has 0 aliphatic rings. The first kappa shape index (κ1) is 15.3. The summed E-state index contributed by atoms with van der Waals surface area (Å²) in [6.07, 6.45) is 5.06.